The number of fused-ring (bicyclic) bond motifs is 1. The van der Waals surface area contributed by atoms with E-state index in [2.05, 4.69) is 36.5 Å². The summed E-state index contributed by atoms with van der Waals surface area (Å²) in [6.07, 6.45) is 8.63. The summed E-state index contributed by atoms with van der Waals surface area (Å²) in [7, 11) is 0. The molecule has 0 radical (unpaired) electrons. The van der Waals surface area contributed by atoms with E-state index >= 15 is 0 Å². The molecule has 2 unspecified atom stereocenters. The third kappa shape index (κ3) is 2.33. The van der Waals surface area contributed by atoms with E-state index in [0.717, 1.165) is 18.4 Å². The predicted molar refractivity (Wildman–Crippen MR) is 76.6 cm³/mol. The quantitative estimate of drug-likeness (QED) is 0.840. The average molecular weight is 243 g/mol. The highest BCUT2D eigenvalue weighted by atomic mass is 14.9. The Hall–Kier alpha value is -0.820. The van der Waals surface area contributed by atoms with Crippen molar-refractivity contribution in [3.8, 4) is 0 Å². The van der Waals surface area contributed by atoms with Crippen LogP contribution in [0, 0.1) is 11.8 Å². The Balaban J connectivity index is 1.74. The summed E-state index contributed by atoms with van der Waals surface area (Å²) in [5, 5.41) is 3.72. The summed E-state index contributed by atoms with van der Waals surface area (Å²) in [4.78, 5) is 0. The van der Waals surface area contributed by atoms with E-state index in [-0.39, 0.29) is 0 Å². The van der Waals surface area contributed by atoms with Crippen LogP contribution in [0.4, 0.5) is 0 Å². The molecule has 0 saturated heterocycles. The lowest BCUT2D eigenvalue weighted by atomic mass is 9.88. The van der Waals surface area contributed by atoms with Gasteiger partial charge < -0.3 is 5.32 Å². The molecule has 1 aromatic rings. The van der Waals surface area contributed by atoms with Gasteiger partial charge in [-0.25, -0.2) is 0 Å². The van der Waals surface area contributed by atoms with Gasteiger partial charge in [0.2, 0.25) is 0 Å². The molecule has 1 fully saturated rings. The minimum Gasteiger partial charge on any atom is -0.310 e. The van der Waals surface area contributed by atoms with Gasteiger partial charge in [0.15, 0.2) is 0 Å². The molecule has 1 heteroatoms. The van der Waals surface area contributed by atoms with E-state index in [1.54, 1.807) is 11.1 Å². The first kappa shape index (κ1) is 12.2. The first-order valence-electron chi connectivity index (χ1n) is 7.69. The molecule has 0 amide bonds. The fourth-order valence-corrected chi connectivity index (χ4v) is 4.07. The second-order valence-corrected chi connectivity index (χ2v) is 6.08. The van der Waals surface area contributed by atoms with Crippen LogP contribution in [0.5, 0.6) is 0 Å². The zero-order chi connectivity index (χ0) is 12.4. The second kappa shape index (κ2) is 5.44. The predicted octanol–water partition coefficient (Wildman–Crippen LogP) is 4.09. The maximum atomic E-state index is 3.72. The SMILES string of the molecule is CCNC1c2ccccc2CC1CC1CCCC1. The second-order valence-electron chi connectivity index (χ2n) is 6.08. The first-order valence-corrected chi connectivity index (χ1v) is 7.69. The van der Waals surface area contributed by atoms with Crippen LogP contribution in [0.1, 0.15) is 56.2 Å². The average Bonchev–Trinajstić information content (AvgIpc) is 3.00. The third-order valence-electron chi connectivity index (χ3n) is 4.88. The lowest BCUT2D eigenvalue weighted by molar-refractivity contribution is 0.313. The molecule has 1 aromatic carbocycles. The Morgan fingerprint density at radius 3 is 2.72 bits per heavy atom. The third-order valence-corrected chi connectivity index (χ3v) is 4.88. The van der Waals surface area contributed by atoms with Gasteiger partial charge in [-0.2, -0.15) is 0 Å². The van der Waals surface area contributed by atoms with E-state index in [4.69, 9.17) is 0 Å². The fraction of sp³-hybridized carbons (Fsp3) is 0.647. The van der Waals surface area contributed by atoms with Crippen LogP contribution in [0.25, 0.3) is 0 Å². The van der Waals surface area contributed by atoms with Crippen molar-refractivity contribution in [1.29, 1.82) is 0 Å². The number of benzene rings is 1. The summed E-state index contributed by atoms with van der Waals surface area (Å²) in [6.45, 7) is 3.31. The zero-order valence-corrected chi connectivity index (χ0v) is 11.5. The van der Waals surface area contributed by atoms with Crippen molar-refractivity contribution in [1.82, 2.24) is 5.32 Å². The summed E-state index contributed by atoms with van der Waals surface area (Å²) < 4.78 is 0. The lowest BCUT2D eigenvalue weighted by Gasteiger charge is -2.24. The van der Waals surface area contributed by atoms with E-state index in [1.807, 2.05) is 0 Å². The van der Waals surface area contributed by atoms with Crippen LogP contribution in [-0.4, -0.2) is 6.54 Å². The molecule has 18 heavy (non-hydrogen) atoms. The molecule has 2 aliphatic carbocycles. The summed E-state index contributed by atoms with van der Waals surface area (Å²) >= 11 is 0. The molecule has 3 rings (SSSR count). The largest absolute Gasteiger partial charge is 0.310 e. The number of hydrogen-bond donors (Lipinski definition) is 1. The molecule has 0 bridgehead atoms. The lowest BCUT2D eigenvalue weighted by Crippen LogP contribution is -2.26. The van der Waals surface area contributed by atoms with Gasteiger partial charge in [0.25, 0.3) is 0 Å². The minimum absolute atomic E-state index is 0.617. The summed E-state index contributed by atoms with van der Waals surface area (Å²) in [5.74, 6) is 1.84. The van der Waals surface area contributed by atoms with Crippen molar-refractivity contribution in [2.24, 2.45) is 11.8 Å². The van der Waals surface area contributed by atoms with Crippen molar-refractivity contribution < 1.29 is 0 Å². The Bertz CT molecular complexity index is 392. The van der Waals surface area contributed by atoms with Gasteiger partial charge in [-0.3, -0.25) is 0 Å². The Morgan fingerprint density at radius 1 is 1.17 bits per heavy atom. The maximum Gasteiger partial charge on any atom is 0.0354 e. The Kier molecular flexibility index (Phi) is 3.69. The van der Waals surface area contributed by atoms with Crippen molar-refractivity contribution in [3.63, 3.8) is 0 Å². The standard InChI is InChI=1S/C17H25N/c1-2-18-17-15(11-13-7-3-4-8-13)12-14-9-5-6-10-16(14)17/h5-6,9-10,13,15,17-18H,2-4,7-8,11-12H2,1H3. The zero-order valence-electron chi connectivity index (χ0n) is 11.5. The van der Waals surface area contributed by atoms with Crippen LogP contribution in [0.3, 0.4) is 0 Å². The molecule has 1 N–H and O–H groups in total. The highest BCUT2D eigenvalue weighted by molar-refractivity contribution is 5.35. The van der Waals surface area contributed by atoms with Crippen molar-refractivity contribution in [2.75, 3.05) is 6.54 Å². The molecule has 1 saturated carbocycles. The normalized spacial score (nSPS) is 27.6. The van der Waals surface area contributed by atoms with Gasteiger partial charge in [0, 0.05) is 6.04 Å². The maximum absolute atomic E-state index is 3.72. The minimum atomic E-state index is 0.617. The van der Waals surface area contributed by atoms with Gasteiger partial charge in [0.1, 0.15) is 0 Å². The monoisotopic (exact) mass is 243 g/mol. The molecule has 98 valence electrons. The van der Waals surface area contributed by atoms with Gasteiger partial charge in [-0.05, 0) is 42.3 Å². The fourth-order valence-electron chi connectivity index (χ4n) is 4.07. The van der Waals surface area contributed by atoms with Crippen molar-refractivity contribution in [2.45, 2.75) is 51.5 Å². The molecule has 0 spiro atoms. The van der Waals surface area contributed by atoms with Crippen molar-refractivity contribution >= 4 is 0 Å². The first-order chi connectivity index (χ1) is 8.88. The van der Waals surface area contributed by atoms with Crippen molar-refractivity contribution in [3.05, 3.63) is 35.4 Å². The van der Waals surface area contributed by atoms with Gasteiger partial charge in [-0.15, -0.1) is 0 Å². The van der Waals surface area contributed by atoms with Gasteiger partial charge in [0.05, 0.1) is 0 Å². The van der Waals surface area contributed by atoms with E-state index in [0.29, 0.717) is 6.04 Å². The van der Waals surface area contributed by atoms with E-state index in [1.165, 1.54) is 38.5 Å². The smallest absolute Gasteiger partial charge is 0.0354 e. The topological polar surface area (TPSA) is 12.0 Å². The number of rotatable bonds is 4. The Morgan fingerprint density at radius 2 is 1.94 bits per heavy atom. The van der Waals surface area contributed by atoms with Crippen LogP contribution < -0.4 is 5.32 Å². The highest BCUT2D eigenvalue weighted by Gasteiger charge is 2.33. The van der Waals surface area contributed by atoms with Crippen LogP contribution in [0.15, 0.2) is 24.3 Å². The molecular formula is C17H25N. The van der Waals surface area contributed by atoms with Crippen LogP contribution in [0.2, 0.25) is 0 Å². The molecule has 0 heterocycles. The van der Waals surface area contributed by atoms with Crippen LogP contribution >= 0.6 is 0 Å². The van der Waals surface area contributed by atoms with E-state index in [9.17, 15) is 0 Å². The number of hydrogen-bond acceptors (Lipinski definition) is 1. The molecular weight excluding hydrogens is 218 g/mol. The molecule has 2 aliphatic rings. The molecule has 0 aliphatic heterocycles. The molecule has 2 atom stereocenters. The summed E-state index contributed by atoms with van der Waals surface area (Å²) in [6, 6.07) is 9.67. The van der Waals surface area contributed by atoms with Crippen LogP contribution in [-0.2, 0) is 6.42 Å². The van der Waals surface area contributed by atoms with Gasteiger partial charge in [-0.1, -0.05) is 56.9 Å². The highest BCUT2D eigenvalue weighted by Crippen LogP contribution is 2.42. The molecule has 0 aromatic heterocycles. The van der Waals surface area contributed by atoms with Gasteiger partial charge >= 0.3 is 0 Å². The summed E-state index contributed by atoms with van der Waals surface area (Å²) in [5.41, 5.74) is 3.16. The number of nitrogens with one attached hydrogen (secondary N) is 1. The van der Waals surface area contributed by atoms with E-state index < -0.39 is 0 Å². The molecule has 1 nitrogen and oxygen atoms in total. The Labute approximate surface area is 111 Å².